The lowest BCUT2D eigenvalue weighted by atomic mass is 9.96. The van der Waals surface area contributed by atoms with Crippen LogP contribution in [-0.4, -0.2) is 18.0 Å². The third-order valence-electron chi connectivity index (χ3n) is 3.23. The van der Waals surface area contributed by atoms with Crippen LogP contribution in [0.15, 0.2) is 24.3 Å². The van der Waals surface area contributed by atoms with E-state index in [2.05, 4.69) is 11.4 Å². The third-order valence-corrected chi connectivity index (χ3v) is 3.23. The van der Waals surface area contributed by atoms with Gasteiger partial charge in [0.05, 0.1) is 4.92 Å². The van der Waals surface area contributed by atoms with Crippen LogP contribution in [0.3, 0.4) is 0 Å². The number of hydrogen-bond donors (Lipinski definition) is 1. The summed E-state index contributed by atoms with van der Waals surface area (Å²) in [7, 11) is 0. The van der Waals surface area contributed by atoms with Crippen molar-refractivity contribution in [2.75, 3.05) is 13.1 Å². The molecular weight excluding hydrogens is 228 g/mol. The molecule has 1 aromatic carbocycles. The SMILES string of the molecule is CCCc1cc(C2=CCNCC2)ccc1[N+](=O)[O-]. The standard InChI is InChI=1S/C14H18N2O2/c1-2-3-13-10-12(4-5-14(13)16(17)18)11-6-8-15-9-7-11/h4-6,10,15H,2-3,7-9H2,1H3. The second-order valence-corrected chi connectivity index (χ2v) is 4.53. The first-order chi connectivity index (χ1) is 8.72. The fraction of sp³-hybridized carbons (Fsp3) is 0.429. The molecule has 18 heavy (non-hydrogen) atoms. The van der Waals surface area contributed by atoms with Gasteiger partial charge in [-0.2, -0.15) is 0 Å². The van der Waals surface area contributed by atoms with Gasteiger partial charge in [0.2, 0.25) is 0 Å². The van der Waals surface area contributed by atoms with Crippen LogP contribution in [0.4, 0.5) is 5.69 Å². The zero-order chi connectivity index (χ0) is 13.0. The molecule has 0 amide bonds. The molecule has 0 unspecified atom stereocenters. The number of nitro benzene ring substituents is 1. The van der Waals surface area contributed by atoms with Crippen molar-refractivity contribution in [2.24, 2.45) is 0 Å². The minimum Gasteiger partial charge on any atom is -0.313 e. The lowest BCUT2D eigenvalue weighted by molar-refractivity contribution is -0.385. The number of benzene rings is 1. The molecule has 1 aliphatic rings. The Morgan fingerprint density at radius 1 is 1.44 bits per heavy atom. The van der Waals surface area contributed by atoms with Crippen molar-refractivity contribution in [1.29, 1.82) is 0 Å². The first-order valence-corrected chi connectivity index (χ1v) is 6.40. The van der Waals surface area contributed by atoms with Gasteiger partial charge in [-0.15, -0.1) is 0 Å². The molecule has 1 aromatic rings. The van der Waals surface area contributed by atoms with Crippen molar-refractivity contribution in [1.82, 2.24) is 5.32 Å². The number of rotatable bonds is 4. The van der Waals surface area contributed by atoms with Crippen LogP contribution < -0.4 is 5.32 Å². The second-order valence-electron chi connectivity index (χ2n) is 4.53. The molecule has 4 nitrogen and oxygen atoms in total. The van der Waals surface area contributed by atoms with E-state index in [0.717, 1.165) is 43.5 Å². The van der Waals surface area contributed by atoms with Gasteiger partial charge in [0.25, 0.3) is 5.69 Å². The van der Waals surface area contributed by atoms with E-state index in [0.29, 0.717) is 0 Å². The van der Waals surface area contributed by atoms with E-state index in [1.807, 2.05) is 19.1 Å². The maximum Gasteiger partial charge on any atom is 0.272 e. The van der Waals surface area contributed by atoms with Gasteiger partial charge in [0, 0.05) is 18.2 Å². The summed E-state index contributed by atoms with van der Waals surface area (Å²) in [6, 6.07) is 5.50. The topological polar surface area (TPSA) is 55.2 Å². The third kappa shape index (κ3) is 2.76. The Morgan fingerprint density at radius 2 is 2.28 bits per heavy atom. The maximum absolute atomic E-state index is 11.0. The average molecular weight is 246 g/mol. The van der Waals surface area contributed by atoms with Gasteiger partial charge in [-0.25, -0.2) is 0 Å². The summed E-state index contributed by atoms with van der Waals surface area (Å²) in [4.78, 5) is 10.7. The van der Waals surface area contributed by atoms with Gasteiger partial charge < -0.3 is 5.32 Å². The average Bonchev–Trinajstić information content (AvgIpc) is 2.40. The molecule has 0 atom stereocenters. The molecule has 0 spiro atoms. The molecule has 96 valence electrons. The number of nitrogens with zero attached hydrogens (tertiary/aromatic N) is 1. The number of nitrogens with one attached hydrogen (secondary N) is 1. The molecule has 0 saturated carbocycles. The van der Waals surface area contributed by atoms with Crippen LogP contribution in [0, 0.1) is 10.1 Å². The Balaban J connectivity index is 2.36. The van der Waals surface area contributed by atoms with Crippen molar-refractivity contribution in [2.45, 2.75) is 26.2 Å². The van der Waals surface area contributed by atoms with Crippen LogP contribution in [0.1, 0.15) is 30.9 Å². The maximum atomic E-state index is 11.0. The van der Waals surface area contributed by atoms with Crippen LogP contribution >= 0.6 is 0 Å². The zero-order valence-corrected chi connectivity index (χ0v) is 10.6. The Hall–Kier alpha value is -1.68. The predicted molar refractivity (Wildman–Crippen MR) is 72.6 cm³/mol. The van der Waals surface area contributed by atoms with Crippen molar-refractivity contribution in [3.8, 4) is 0 Å². The Bertz CT molecular complexity index is 481. The molecule has 0 fully saturated rings. The Kier molecular flexibility index (Phi) is 4.10. The van der Waals surface area contributed by atoms with E-state index in [1.165, 1.54) is 5.57 Å². The van der Waals surface area contributed by atoms with Gasteiger partial charge in [0.1, 0.15) is 0 Å². The highest BCUT2D eigenvalue weighted by Gasteiger charge is 2.15. The summed E-state index contributed by atoms with van der Waals surface area (Å²) >= 11 is 0. The Morgan fingerprint density at radius 3 is 2.89 bits per heavy atom. The van der Waals surface area contributed by atoms with Crippen LogP contribution in [0.5, 0.6) is 0 Å². The Labute approximate surface area is 107 Å². The summed E-state index contributed by atoms with van der Waals surface area (Å²) < 4.78 is 0. The first-order valence-electron chi connectivity index (χ1n) is 6.40. The lowest BCUT2D eigenvalue weighted by Crippen LogP contribution is -2.20. The fourth-order valence-corrected chi connectivity index (χ4v) is 2.32. The van der Waals surface area contributed by atoms with Crippen LogP contribution in [0.2, 0.25) is 0 Å². The fourth-order valence-electron chi connectivity index (χ4n) is 2.32. The monoisotopic (exact) mass is 246 g/mol. The number of aryl methyl sites for hydroxylation is 1. The van der Waals surface area contributed by atoms with Gasteiger partial charge in [-0.3, -0.25) is 10.1 Å². The van der Waals surface area contributed by atoms with E-state index in [1.54, 1.807) is 6.07 Å². The summed E-state index contributed by atoms with van der Waals surface area (Å²) in [6.45, 7) is 3.90. The van der Waals surface area contributed by atoms with Gasteiger partial charge in [0.15, 0.2) is 0 Å². The van der Waals surface area contributed by atoms with Gasteiger partial charge >= 0.3 is 0 Å². The zero-order valence-electron chi connectivity index (χ0n) is 10.6. The molecule has 0 radical (unpaired) electrons. The second kappa shape index (κ2) is 5.78. The molecule has 0 aromatic heterocycles. The predicted octanol–water partition coefficient (Wildman–Crippen LogP) is 2.92. The van der Waals surface area contributed by atoms with Crippen molar-refractivity contribution in [3.63, 3.8) is 0 Å². The molecule has 1 aliphatic heterocycles. The highest BCUT2D eigenvalue weighted by atomic mass is 16.6. The molecule has 0 saturated heterocycles. The minimum absolute atomic E-state index is 0.245. The van der Waals surface area contributed by atoms with E-state index >= 15 is 0 Å². The van der Waals surface area contributed by atoms with Crippen molar-refractivity contribution < 1.29 is 4.92 Å². The van der Waals surface area contributed by atoms with Crippen LogP contribution in [-0.2, 0) is 6.42 Å². The van der Waals surface area contributed by atoms with E-state index in [9.17, 15) is 10.1 Å². The largest absolute Gasteiger partial charge is 0.313 e. The lowest BCUT2D eigenvalue weighted by Gasteiger charge is -2.15. The first kappa shape index (κ1) is 12.8. The van der Waals surface area contributed by atoms with Crippen LogP contribution in [0.25, 0.3) is 5.57 Å². The minimum atomic E-state index is -0.286. The van der Waals surface area contributed by atoms with Crippen molar-refractivity contribution in [3.05, 3.63) is 45.5 Å². The van der Waals surface area contributed by atoms with Crippen molar-refractivity contribution >= 4 is 11.3 Å². The highest BCUT2D eigenvalue weighted by Crippen LogP contribution is 2.27. The molecule has 1 heterocycles. The van der Waals surface area contributed by atoms with E-state index < -0.39 is 0 Å². The number of nitro groups is 1. The smallest absolute Gasteiger partial charge is 0.272 e. The number of hydrogen-bond acceptors (Lipinski definition) is 3. The molecule has 0 aliphatic carbocycles. The van der Waals surface area contributed by atoms with Gasteiger partial charge in [-0.1, -0.05) is 19.4 Å². The molecule has 2 rings (SSSR count). The quantitative estimate of drug-likeness (QED) is 0.656. The molecule has 4 heteroatoms. The summed E-state index contributed by atoms with van der Waals surface area (Å²) in [5.41, 5.74) is 3.51. The van der Waals surface area contributed by atoms with E-state index in [-0.39, 0.29) is 10.6 Å². The summed E-state index contributed by atoms with van der Waals surface area (Å²) in [5, 5.41) is 14.2. The molecular formula is C14H18N2O2. The summed E-state index contributed by atoms with van der Waals surface area (Å²) in [5.74, 6) is 0. The van der Waals surface area contributed by atoms with E-state index in [4.69, 9.17) is 0 Å². The molecule has 0 bridgehead atoms. The molecule has 1 N–H and O–H groups in total. The summed E-state index contributed by atoms with van der Waals surface area (Å²) in [6.07, 6.45) is 4.84. The highest BCUT2D eigenvalue weighted by molar-refractivity contribution is 5.68. The normalized spacial score (nSPS) is 15.3. The van der Waals surface area contributed by atoms with Gasteiger partial charge in [-0.05, 0) is 42.7 Å².